The minimum atomic E-state index is -0.860. The van der Waals surface area contributed by atoms with Crippen LogP contribution in [0.25, 0.3) is 6.08 Å². The Kier molecular flexibility index (Phi) is 8.48. The summed E-state index contributed by atoms with van der Waals surface area (Å²) in [5.41, 5.74) is 4.00. The predicted octanol–water partition coefficient (Wildman–Crippen LogP) is -1.90. The molecule has 0 saturated carbocycles. The summed E-state index contributed by atoms with van der Waals surface area (Å²) in [6.45, 7) is 0.149. The lowest BCUT2D eigenvalue weighted by atomic mass is 10.2. The summed E-state index contributed by atoms with van der Waals surface area (Å²) in [7, 11) is 0. The molecule has 2 rings (SSSR count). The van der Waals surface area contributed by atoms with Gasteiger partial charge in [-0.3, -0.25) is 19.1 Å². The summed E-state index contributed by atoms with van der Waals surface area (Å²) < 4.78 is 6.75. The van der Waals surface area contributed by atoms with E-state index in [1.165, 1.54) is 23.0 Å². The van der Waals surface area contributed by atoms with Crippen molar-refractivity contribution in [2.24, 2.45) is 16.6 Å². The molecule has 1 fully saturated rings. The summed E-state index contributed by atoms with van der Waals surface area (Å²) in [6.07, 6.45) is 6.38. The molecule has 12 nitrogen and oxygen atoms in total. The fourth-order valence-electron chi connectivity index (χ4n) is 2.67. The van der Waals surface area contributed by atoms with Crippen LogP contribution in [-0.4, -0.2) is 52.3 Å². The molecule has 1 aliphatic heterocycles. The van der Waals surface area contributed by atoms with Gasteiger partial charge < -0.3 is 25.7 Å². The second kappa shape index (κ2) is 11.1. The van der Waals surface area contributed by atoms with Gasteiger partial charge in [-0.1, -0.05) is 18.2 Å². The minimum absolute atomic E-state index is 0.0318. The topological polar surface area (TPSA) is 187 Å². The van der Waals surface area contributed by atoms with Crippen molar-refractivity contribution in [1.82, 2.24) is 14.9 Å². The number of H-pyrrole nitrogens is 1. The maximum Gasteiger partial charge on any atom is 0.330 e. The number of aromatic nitrogens is 2. The van der Waals surface area contributed by atoms with E-state index in [4.69, 9.17) is 16.4 Å². The molecule has 158 valence electrons. The van der Waals surface area contributed by atoms with Gasteiger partial charge in [-0.15, -0.1) is 0 Å². The largest absolute Gasteiger partial charge is 0.390 e. The number of aliphatic hydroxyl groups excluding tert-OH is 1. The van der Waals surface area contributed by atoms with Gasteiger partial charge in [0, 0.05) is 31.8 Å². The van der Waals surface area contributed by atoms with Crippen molar-refractivity contribution in [3.63, 3.8) is 0 Å². The van der Waals surface area contributed by atoms with E-state index in [-0.39, 0.29) is 37.5 Å². The van der Waals surface area contributed by atoms with E-state index in [2.05, 4.69) is 20.1 Å². The van der Waals surface area contributed by atoms with Crippen LogP contribution in [0.1, 0.15) is 24.6 Å². The normalized spacial score (nSPS) is 22.2. The van der Waals surface area contributed by atoms with E-state index < -0.39 is 29.7 Å². The Hall–Kier alpha value is -3.06. The molecule has 2 heterocycles. The van der Waals surface area contributed by atoms with Crippen molar-refractivity contribution in [1.29, 1.82) is 0 Å². The maximum atomic E-state index is 12.1. The number of aliphatic hydroxyl groups is 1. The molecule has 0 aliphatic carbocycles. The Morgan fingerprint density at radius 2 is 2.28 bits per heavy atom. The Balaban J connectivity index is 2.00. The van der Waals surface area contributed by atoms with Crippen LogP contribution in [0.15, 0.2) is 39.1 Å². The Morgan fingerprint density at radius 3 is 3.00 bits per heavy atom. The highest BCUT2D eigenvalue weighted by molar-refractivity contribution is 5.77. The van der Waals surface area contributed by atoms with Gasteiger partial charge in [0.05, 0.1) is 24.6 Å². The van der Waals surface area contributed by atoms with Crippen molar-refractivity contribution in [2.75, 3.05) is 13.2 Å². The summed E-state index contributed by atoms with van der Waals surface area (Å²) in [5.74, 6) is 4.76. The number of ether oxygens (including phenoxy) is 1. The SMILES string of the molecule is NC=N/C=C/CC(=O)NC/C=C/c1cn(C2CC(O)C(CON)O2)c(=O)[nH]c1=O. The van der Waals surface area contributed by atoms with Crippen molar-refractivity contribution in [3.8, 4) is 0 Å². The van der Waals surface area contributed by atoms with Crippen LogP contribution in [0.2, 0.25) is 0 Å². The van der Waals surface area contributed by atoms with Gasteiger partial charge in [0.2, 0.25) is 5.91 Å². The molecule has 3 atom stereocenters. The fraction of sp³-hybridized carbons (Fsp3) is 0.412. The number of hydrogen-bond acceptors (Lipinski definition) is 8. The quantitative estimate of drug-likeness (QED) is 0.178. The van der Waals surface area contributed by atoms with Crippen LogP contribution in [0.4, 0.5) is 0 Å². The standard InChI is InChI=1S/C17H24N6O6/c18-10-20-5-2-4-14(25)21-6-1-3-11-8-23(17(27)22-16(11)26)15-7-12(24)13(29-15)9-28-19/h1-3,5,8,10,12-13,15,24H,4,6-7,9,19H2,(H2,18,20)(H,21,25)(H,22,26,27)/b3-1+,5-2+. The number of amides is 1. The smallest absolute Gasteiger partial charge is 0.330 e. The second-order valence-corrected chi connectivity index (χ2v) is 6.11. The molecule has 7 N–H and O–H groups in total. The maximum absolute atomic E-state index is 12.1. The highest BCUT2D eigenvalue weighted by Gasteiger charge is 2.35. The zero-order valence-corrected chi connectivity index (χ0v) is 15.6. The monoisotopic (exact) mass is 408 g/mol. The first-order valence-corrected chi connectivity index (χ1v) is 8.78. The number of nitrogens with one attached hydrogen (secondary N) is 2. The van der Waals surface area contributed by atoms with E-state index in [1.54, 1.807) is 12.2 Å². The van der Waals surface area contributed by atoms with Crippen molar-refractivity contribution in [3.05, 3.63) is 51.0 Å². The van der Waals surface area contributed by atoms with Gasteiger partial charge in [-0.25, -0.2) is 15.7 Å². The molecule has 0 bridgehead atoms. The van der Waals surface area contributed by atoms with Gasteiger partial charge in [-0.05, 0) is 0 Å². The van der Waals surface area contributed by atoms with Crippen LogP contribution >= 0.6 is 0 Å². The zero-order chi connectivity index (χ0) is 21.2. The molecule has 1 amide bonds. The Bertz CT molecular complexity index is 889. The molecular formula is C17H24N6O6. The van der Waals surface area contributed by atoms with Crippen molar-refractivity contribution >= 4 is 18.3 Å². The minimum Gasteiger partial charge on any atom is -0.390 e. The number of nitrogens with zero attached hydrogens (tertiary/aromatic N) is 2. The molecule has 1 saturated heterocycles. The van der Waals surface area contributed by atoms with Gasteiger partial charge >= 0.3 is 5.69 Å². The van der Waals surface area contributed by atoms with E-state index in [0.29, 0.717) is 0 Å². The van der Waals surface area contributed by atoms with Crippen molar-refractivity contribution in [2.45, 2.75) is 31.3 Å². The van der Waals surface area contributed by atoms with E-state index >= 15 is 0 Å². The lowest BCUT2D eigenvalue weighted by Gasteiger charge is -2.15. The number of aromatic amines is 1. The van der Waals surface area contributed by atoms with E-state index in [9.17, 15) is 19.5 Å². The first-order chi connectivity index (χ1) is 14.0. The summed E-state index contributed by atoms with van der Waals surface area (Å²) >= 11 is 0. The zero-order valence-electron chi connectivity index (χ0n) is 15.6. The number of carbonyl (C=O) groups is 1. The third-order valence-corrected chi connectivity index (χ3v) is 4.07. The van der Waals surface area contributed by atoms with Crippen molar-refractivity contribution < 1.29 is 19.5 Å². The summed E-state index contributed by atoms with van der Waals surface area (Å²) in [4.78, 5) is 46.0. The fourth-order valence-corrected chi connectivity index (χ4v) is 2.67. The molecule has 1 aromatic rings. The highest BCUT2D eigenvalue weighted by Crippen LogP contribution is 2.27. The van der Waals surface area contributed by atoms with Gasteiger partial charge in [-0.2, -0.15) is 0 Å². The van der Waals surface area contributed by atoms with Gasteiger partial charge in [0.15, 0.2) is 0 Å². The molecule has 0 spiro atoms. The van der Waals surface area contributed by atoms with Crippen LogP contribution in [0.3, 0.4) is 0 Å². The van der Waals surface area contributed by atoms with E-state index in [0.717, 1.165) is 6.34 Å². The first-order valence-electron chi connectivity index (χ1n) is 8.78. The van der Waals surface area contributed by atoms with Crippen LogP contribution < -0.4 is 28.2 Å². The molecule has 1 aliphatic rings. The van der Waals surface area contributed by atoms with Crippen LogP contribution in [0.5, 0.6) is 0 Å². The average Bonchev–Trinajstić information content (AvgIpc) is 3.04. The third kappa shape index (κ3) is 6.50. The highest BCUT2D eigenvalue weighted by atomic mass is 16.6. The molecule has 3 unspecified atom stereocenters. The lowest BCUT2D eigenvalue weighted by molar-refractivity contribution is -0.120. The molecule has 29 heavy (non-hydrogen) atoms. The number of rotatable bonds is 9. The average molecular weight is 408 g/mol. The second-order valence-electron chi connectivity index (χ2n) is 6.11. The predicted molar refractivity (Wildman–Crippen MR) is 104 cm³/mol. The first kappa shape index (κ1) is 22.2. The summed E-state index contributed by atoms with van der Waals surface area (Å²) in [5, 5.41) is 12.6. The molecule has 0 aromatic carbocycles. The molecular weight excluding hydrogens is 384 g/mol. The molecule has 0 radical (unpaired) electrons. The molecule has 1 aromatic heterocycles. The number of aliphatic imine (C=N–C) groups is 1. The Morgan fingerprint density at radius 1 is 1.48 bits per heavy atom. The van der Waals surface area contributed by atoms with Crippen LogP contribution in [-0.2, 0) is 14.4 Å². The number of nitrogens with two attached hydrogens (primary N) is 2. The number of carbonyl (C=O) groups excluding carboxylic acids is 1. The molecule has 12 heteroatoms. The van der Waals surface area contributed by atoms with Crippen LogP contribution in [0, 0.1) is 0 Å². The van der Waals surface area contributed by atoms with Gasteiger partial charge in [0.25, 0.3) is 5.56 Å². The summed E-state index contributed by atoms with van der Waals surface area (Å²) in [6, 6.07) is 0. The third-order valence-electron chi connectivity index (χ3n) is 4.07. The van der Waals surface area contributed by atoms with E-state index in [1.807, 2.05) is 0 Å². The Labute approximate surface area is 165 Å². The number of hydrogen-bond donors (Lipinski definition) is 5. The lowest BCUT2D eigenvalue weighted by Crippen LogP contribution is -2.33. The van der Waals surface area contributed by atoms with Gasteiger partial charge in [0.1, 0.15) is 12.3 Å².